The van der Waals surface area contributed by atoms with Crippen molar-refractivity contribution < 1.29 is 0 Å². The second-order valence-electron chi connectivity index (χ2n) is 4.98. The van der Waals surface area contributed by atoms with E-state index in [2.05, 4.69) is 54.6 Å². The zero-order valence-corrected chi connectivity index (χ0v) is 10.4. The van der Waals surface area contributed by atoms with Crippen LogP contribution in [0.1, 0.15) is 17.9 Å². The van der Waals surface area contributed by atoms with Crippen LogP contribution in [0.4, 0.5) is 0 Å². The lowest BCUT2D eigenvalue weighted by Gasteiger charge is -2.30. The minimum Gasteiger partial charge on any atom is -0.118 e. The van der Waals surface area contributed by atoms with Gasteiger partial charge in [0.15, 0.2) is 0 Å². The third-order valence-corrected chi connectivity index (χ3v) is 5.38. The van der Waals surface area contributed by atoms with E-state index in [1.807, 2.05) is 11.8 Å². The maximum atomic E-state index is 2.49. The van der Waals surface area contributed by atoms with Gasteiger partial charge in [0.2, 0.25) is 0 Å². The minimum absolute atomic E-state index is 0.646. The van der Waals surface area contributed by atoms with Crippen molar-refractivity contribution in [2.45, 2.75) is 22.5 Å². The second kappa shape index (κ2) is 3.64. The van der Waals surface area contributed by atoms with E-state index in [4.69, 9.17) is 0 Å². The highest BCUT2D eigenvalue weighted by molar-refractivity contribution is 8.00. The van der Waals surface area contributed by atoms with Gasteiger partial charge in [-0.1, -0.05) is 48.6 Å². The molecule has 84 valence electrons. The van der Waals surface area contributed by atoms with Gasteiger partial charge in [-0.25, -0.2) is 0 Å². The molecule has 0 saturated heterocycles. The van der Waals surface area contributed by atoms with E-state index in [0.29, 0.717) is 11.2 Å². The Bertz CT molecular complexity index is 550. The molecule has 17 heavy (non-hydrogen) atoms. The Balaban J connectivity index is 1.78. The van der Waals surface area contributed by atoms with Gasteiger partial charge in [0.1, 0.15) is 0 Å². The Morgan fingerprint density at radius 1 is 1.12 bits per heavy atom. The highest BCUT2D eigenvalue weighted by atomic mass is 32.2. The topological polar surface area (TPSA) is 0 Å². The van der Waals surface area contributed by atoms with Gasteiger partial charge >= 0.3 is 0 Å². The van der Waals surface area contributed by atoms with E-state index < -0.39 is 0 Å². The Morgan fingerprint density at radius 3 is 3.06 bits per heavy atom. The Kier molecular flexibility index (Phi) is 2.10. The van der Waals surface area contributed by atoms with Crippen LogP contribution in [0.2, 0.25) is 0 Å². The van der Waals surface area contributed by atoms with Crippen LogP contribution in [0.5, 0.6) is 0 Å². The van der Waals surface area contributed by atoms with E-state index >= 15 is 0 Å². The van der Waals surface area contributed by atoms with Crippen molar-refractivity contribution >= 4 is 11.8 Å². The Morgan fingerprint density at radius 2 is 2.06 bits per heavy atom. The van der Waals surface area contributed by atoms with Gasteiger partial charge in [0.25, 0.3) is 0 Å². The van der Waals surface area contributed by atoms with E-state index in [-0.39, 0.29) is 0 Å². The fourth-order valence-corrected chi connectivity index (χ4v) is 4.62. The molecule has 0 nitrogen and oxygen atoms in total. The van der Waals surface area contributed by atoms with Crippen molar-refractivity contribution in [2.75, 3.05) is 0 Å². The first-order valence-electron chi connectivity index (χ1n) is 6.24. The SMILES string of the molecule is C1=CC2=CC3Sc4ccccc4C3CC2C=C1. The fourth-order valence-electron chi connectivity index (χ4n) is 3.17. The monoisotopic (exact) mass is 238 g/mol. The summed E-state index contributed by atoms with van der Waals surface area (Å²) in [7, 11) is 0. The van der Waals surface area contributed by atoms with Crippen LogP contribution in [0.3, 0.4) is 0 Å². The van der Waals surface area contributed by atoms with E-state index in [9.17, 15) is 0 Å². The first kappa shape index (κ1) is 9.78. The van der Waals surface area contributed by atoms with Crippen molar-refractivity contribution in [2.24, 2.45) is 5.92 Å². The van der Waals surface area contributed by atoms with Gasteiger partial charge in [-0.2, -0.15) is 0 Å². The minimum atomic E-state index is 0.646. The van der Waals surface area contributed by atoms with Crippen LogP contribution in [0.25, 0.3) is 0 Å². The van der Waals surface area contributed by atoms with Gasteiger partial charge in [-0.3, -0.25) is 0 Å². The lowest BCUT2D eigenvalue weighted by molar-refractivity contribution is 0.543. The summed E-state index contributed by atoms with van der Waals surface area (Å²) in [5.74, 6) is 1.37. The average Bonchev–Trinajstić information content (AvgIpc) is 2.73. The second-order valence-corrected chi connectivity index (χ2v) is 6.20. The lowest BCUT2D eigenvalue weighted by Crippen LogP contribution is -2.20. The number of benzene rings is 1. The molecular formula is C16H14S. The van der Waals surface area contributed by atoms with Crippen molar-refractivity contribution in [1.82, 2.24) is 0 Å². The summed E-state index contributed by atoms with van der Waals surface area (Å²) in [5, 5.41) is 0.662. The highest BCUT2D eigenvalue weighted by Gasteiger charge is 2.37. The van der Waals surface area contributed by atoms with Gasteiger partial charge < -0.3 is 0 Å². The molecule has 1 heterocycles. The van der Waals surface area contributed by atoms with E-state index in [0.717, 1.165) is 5.92 Å². The van der Waals surface area contributed by atoms with Crippen LogP contribution in [0, 0.1) is 5.92 Å². The van der Waals surface area contributed by atoms with Gasteiger partial charge in [-0.15, -0.1) is 11.8 Å². The molecule has 0 saturated carbocycles. The molecule has 0 fully saturated rings. The molecule has 0 amide bonds. The molecule has 0 spiro atoms. The molecule has 1 aromatic carbocycles. The summed E-state index contributed by atoms with van der Waals surface area (Å²) in [6, 6.07) is 8.92. The molecule has 1 aromatic rings. The van der Waals surface area contributed by atoms with Crippen LogP contribution >= 0.6 is 11.8 Å². The molecule has 1 aliphatic heterocycles. The molecule has 1 heteroatoms. The number of thioether (sulfide) groups is 1. The quantitative estimate of drug-likeness (QED) is 0.648. The fraction of sp³-hybridized carbons (Fsp3) is 0.250. The zero-order valence-electron chi connectivity index (χ0n) is 9.54. The molecule has 3 aliphatic rings. The summed E-state index contributed by atoms with van der Waals surface area (Å²) >= 11 is 2.04. The van der Waals surface area contributed by atoms with Gasteiger partial charge in [0.05, 0.1) is 0 Å². The first-order chi connectivity index (χ1) is 8.42. The molecule has 0 aromatic heterocycles. The van der Waals surface area contributed by atoms with Gasteiger partial charge in [0, 0.05) is 22.0 Å². The Labute approximate surface area is 106 Å². The largest absolute Gasteiger partial charge is 0.118 e. The van der Waals surface area contributed by atoms with Crippen molar-refractivity contribution in [3.05, 3.63) is 65.8 Å². The number of fused-ring (bicyclic) bond motifs is 4. The Hall–Kier alpha value is -1.21. The molecule has 0 N–H and O–H groups in total. The van der Waals surface area contributed by atoms with E-state index in [1.165, 1.54) is 16.9 Å². The van der Waals surface area contributed by atoms with Crippen molar-refractivity contribution in [3.8, 4) is 0 Å². The van der Waals surface area contributed by atoms with Crippen LogP contribution in [0.15, 0.2) is 65.1 Å². The number of hydrogen-bond donors (Lipinski definition) is 0. The summed E-state index contributed by atoms with van der Waals surface area (Å²) in [6.45, 7) is 0. The predicted octanol–water partition coefficient (Wildman–Crippen LogP) is 4.32. The normalized spacial score (nSPS) is 32.7. The highest BCUT2D eigenvalue weighted by Crippen LogP contribution is 2.52. The van der Waals surface area contributed by atoms with Crippen molar-refractivity contribution in [1.29, 1.82) is 0 Å². The maximum Gasteiger partial charge on any atom is 0.0349 e. The number of hydrogen-bond acceptors (Lipinski definition) is 1. The molecule has 0 bridgehead atoms. The van der Waals surface area contributed by atoms with Crippen LogP contribution in [-0.2, 0) is 0 Å². The molecule has 0 radical (unpaired) electrons. The van der Waals surface area contributed by atoms with Crippen molar-refractivity contribution in [3.63, 3.8) is 0 Å². The number of allylic oxidation sites excluding steroid dienone is 5. The molecule has 3 unspecified atom stereocenters. The van der Waals surface area contributed by atoms with Gasteiger partial charge in [-0.05, 0) is 23.6 Å². The molecular weight excluding hydrogens is 224 g/mol. The smallest absolute Gasteiger partial charge is 0.0349 e. The lowest BCUT2D eigenvalue weighted by atomic mass is 9.76. The summed E-state index contributed by atoms with van der Waals surface area (Å²) < 4.78 is 0. The first-order valence-corrected chi connectivity index (χ1v) is 7.12. The third-order valence-electron chi connectivity index (χ3n) is 4.01. The summed E-state index contributed by atoms with van der Waals surface area (Å²) in [4.78, 5) is 1.49. The van der Waals surface area contributed by atoms with E-state index in [1.54, 1.807) is 5.56 Å². The molecule has 3 atom stereocenters. The standard InChI is InChI=1S/C16H14S/c1-2-6-12-10-16-14(9-11(12)5-1)13-7-3-4-8-15(13)17-16/h1-8,10-11,14,16H,9H2. The number of rotatable bonds is 0. The third kappa shape index (κ3) is 1.45. The zero-order chi connectivity index (χ0) is 11.2. The predicted molar refractivity (Wildman–Crippen MR) is 73.3 cm³/mol. The summed E-state index contributed by atoms with van der Waals surface area (Å²) in [6.07, 6.45) is 12.8. The molecule has 2 aliphatic carbocycles. The average molecular weight is 238 g/mol. The molecule has 4 rings (SSSR count). The van der Waals surface area contributed by atoms with Crippen LogP contribution < -0.4 is 0 Å². The van der Waals surface area contributed by atoms with Crippen LogP contribution in [-0.4, -0.2) is 5.25 Å². The summed E-state index contributed by atoms with van der Waals surface area (Å²) in [5.41, 5.74) is 3.09. The maximum absolute atomic E-state index is 2.49.